The Kier molecular flexibility index (Phi) is 7.23. The molecule has 0 heterocycles. The Morgan fingerprint density at radius 1 is 1.25 bits per heavy atom. The van der Waals surface area contributed by atoms with E-state index in [1.54, 1.807) is 5.57 Å². The van der Waals surface area contributed by atoms with Crippen LogP contribution >= 0.6 is 0 Å². The van der Waals surface area contributed by atoms with E-state index in [1.807, 2.05) is 0 Å². The molecule has 0 fully saturated rings. The van der Waals surface area contributed by atoms with E-state index < -0.39 is 0 Å². The van der Waals surface area contributed by atoms with Crippen molar-refractivity contribution in [1.29, 1.82) is 0 Å². The fourth-order valence-electron chi connectivity index (χ4n) is 1.39. The highest BCUT2D eigenvalue weighted by atomic mass is 14.1. The van der Waals surface area contributed by atoms with E-state index in [2.05, 4.69) is 33.8 Å². The molecule has 12 heavy (non-hydrogen) atoms. The Morgan fingerprint density at radius 3 is 2.42 bits per heavy atom. The molecule has 0 aromatic heterocycles. The average Bonchev–Trinajstić information content (AvgIpc) is 2.10. The SMILES string of the molecule is C/C=C(\C)C(C)CCCCCC. The van der Waals surface area contributed by atoms with Gasteiger partial charge in [0.05, 0.1) is 0 Å². The van der Waals surface area contributed by atoms with Gasteiger partial charge in [-0.2, -0.15) is 0 Å². The molecular formula is C12H24. The van der Waals surface area contributed by atoms with Crippen molar-refractivity contribution in [2.45, 2.75) is 59.8 Å². The fraction of sp³-hybridized carbons (Fsp3) is 0.833. The van der Waals surface area contributed by atoms with E-state index in [9.17, 15) is 0 Å². The summed E-state index contributed by atoms with van der Waals surface area (Å²) in [5.74, 6) is 0.798. The van der Waals surface area contributed by atoms with E-state index in [4.69, 9.17) is 0 Å². The number of hydrogen-bond acceptors (Lipinski definition) is 0. The van der Waals surface area contributed by atoms with Gasteiger partial charge in [0.15, 0.2) is 0 Å². The number of rotatable bonds is 6. The Morgan fingerprint density at radius 2 is 1.92 bits per heavy atom. The van der Waals surface area contributed by atoms with Crippen LogP contribution in [0.5, 0.6) is 0 Å². The van der Waals surface area contributed by atoms with Crippen LogP contribution < -0.4 is 0 Å². The Balaban J connectivity index is 3.37. The molecule has 0 aliphatic carbocycles. The van der Waals surface area contributed by atoms with Crippen LogP contribution in [0.3, 0.4) is 0 Å². The third-order valence-corrected chi connectivity index (χ3v) is 2.72. The van der Waals surface area contributed by atoms with Gasteiger partial charge in [-0.25, -0.2) is 0 Å². The van der Waals surface area contributed by atoms with Crippen molar-refractivity contribution in [1.82, 2.24) is 0 Å². The number of hydrogen-bond donors (Lipinski definition) is 0. The summed E-state index contributed by atoms with van der Waals surface area (Å²) in [4.78, 5) is 0. The normalized spacial score (nSPS) is 14.8. The molecule has 72 valence electrons. The molecule has 0 aromatic carbocycles. The van der Waals surface area contributed by atoms with Gasteiger partial charge in [-0.15, -0.1) is 0 Å². The zero-order valence-corrected chi connectivity index (χ0v) is 9.19. The molecule has 0 radical (unpaired) electrons. The molecule has 0 bridgehead atoms. The molecule has 0 saturated carbocycles. The first-order chi connectivity index (χ1) is 5.72. The van der Waals surface area contributed by atoms with Crippen molar-refractivity contribution in [2.24, 2.45) is 5.92 Å². The summed E-state index contributed by atoms with van der Waals surface area (Å²) in [6.07, 6.45) is 9.18. The molecule has 0 aromatic rings. The summed E-state index contributed by atoms with van der Waals surface area (Å²) in [5, 5.41) is 0. The molecule has 0 aliphatic rings. The topological polar surface area (TPSA) is 0 Å². The van der Waals surface area contributed by atoms with Crippen LogP contribution in [0.2, 0.25) is 0 Å². The zero-order chi connectivity index (χ0) is 9.40. The minimum Gasteiger partial charge on any atom is -0.0885 e. The molecular weight excluding hydrogens is 144 g/mol. The van der Waals surface area contributed by atoms with Gasteiger partial charge >= 0.3 is 0 Å². The molecule has 0 heteroatoms. The van der Waals surface area contributed by atoms with Gasteiger partial charge in [0, 0.05) is 0 Å². The fourth-order valence-corrected chi connectivity index (χ4v) is 1.39. The van der Waals surface area contributed by atoms with Crippen molar-refractivity contribution < 1.29 is 0 Å². The van der Waals surface area contributed by atoms with Crippen LogP contribution in [-0.4, -0.2) is 0 Å². The first-order valence-electron chi connectivity index (χ1n) is 5.35. The van der Waals surface area contributed by atoms with Gasteiger partial charge in [-0.05, 0) is 26.2 Å². The van der Waals surface area contributed by atoms with E-state index in [0.29, 0.717) is 0 Å². The summed E-state index contributed by atoms with van der Waals surface area (Å²) in [5.41, 5.74) is 1.55. The predicted molar refractivity (Wildman–Crippen MR) is 57.4 cm³/mol. The lowest BCUT2D eigenvalue weighted by atomic mass is 9.96. The lowest BCUT2D eigenvalue weighted by molar-refractivity contribution is 0.542. The second-order valence-corrected chi connectivity index (χ2v) is 3.78. The quantitative estimate of drug-likeness (QED) is 0.403. The van der Waals surface area contributed by atoms with Crippen molar-refractivity contribution in [3.05, 3.63) is 11.6 Å². The largest absolute Gasteiger partial charge is 0.0885 e. The minimum absolute atomic E-state index is 0.798. The lowest BCUT2D eigenvalue weighted by Crippen LogP contribution is -1.95. The maximum absolute atomic E-state index is 2.33. The van der Waals surface area contributed by atoms with Crippen LogP contribution in [0.4, 0.5) is 0 Å². The van der Waals surface area contributed by atoms with Gasteiger partial charge in [0.25, 0.3) is 0 Å². The average molecular weight is 168 g/mol. The summed E-state index contributed by atoms with van der Waals surface area (Å²) in [7, 11) is 0. The second kappa shape index (κ2) is 7.39. The Bertz CT molecular complexity index is 122. The summed E-state index contributed by atoms with van der Waals surface area (Å²) in [6, 6.07) is 0. The maximum atomic E-state index is 2.33. The monoisotopic (exact) mass is 168 g/mol. The van der Waals surface area contributed by atoms with Crippen molar-refractivity contribution in [3.8, 4) is 0 Å². The molecule has 1 atom stereocenters. The first-order valence-corrected chi connectivity index (χ1v) is 5.35. The standard InChI is InChI=1S/C12H24/c1-5-7-8-9-10-12(4)11(3)6-2/h6,12H,5,7-10H2,1-4H3/b11-6+. The van der Waals surface area contributed by atoms with E-state index in [0.717, 1.165) is 5.92 Å². The molecule has 0 saturated heterocycles. The number of allylic oxidation sites excluding steroid dienone is 2. The molecule has 0 N–H and O–H groups in total. The third-order valence-electron chi connectivity index (χ3n) is 2.72. The van der Waals surface area contributed by atoms with Gasteiger partial charge in [0.1, 0.15) is 0 Å². The molecule has 0 aliphatic heterocycles. The summed E-state index contributed by atoms with van der Waals surface area (Å²) in [6.45, 7) is 8.98. The van der Waals surface area contributed by atoms with Crippen LogP contribution in [0.25, 0.3) is 0 Å². The van der Waals surface area contributed by atoms with Gasteiger partial charge in [0.2, 0.25) is 0 Å². The van der Waals surface area contributed by atoms with E-state index >= 15 is 0 Å². The van der Waals surface area contributed by atoms with Gasteiger partial charge < -0.3 is 0 Å². The highest BCUT2D eigenvalue weighted by Gasteiger charge is 2.01. The van der Waals surface area contributed by atoms with Crippen LogP contribution in [0.15, 0.2) is 11.6 Å². The van der Waals surface area contributed by atoms with Crippen LogP contribution in [-0.2, 0) is 0 Å². The van der Waals surface area contributed by atoms with Gasteiger partial charge in [-0.3, -0.25) is 0 Å². The zero-order valence-electron chi connectivity index (χ0n) is 9.19. The maximum Gasteiger partial charge on any atom is -0.0235 e. The highest BCUT2D eigenvalue weighted by molar-refractivity contribution is 4.99. The Hall–Kier alpha value is -0.260. The smallest absolute Gasteiger partial charge is 0.0235 e. The second-order valence-electron chi connectivity index (χ2n) is 3.78. The predicted octanol–water partition coefficient (Wildman–Crippen LogP) is 4.56. The molecule has 0 nitrogen and oxygen atoms in total. The van der Waals surface area contributed by atoms with Crippen LogP contribution in [0.1, 0.15) is 59.8 Å². The van der Waals surface area contributed by atoms with Crippen molar-refractivity contribution in [3.63, 3.8) is 0 Å². The molecule has 0 spiro atoms. The highest BCUT2D eigenvalue weighted by Crippen LogP contribution is 2.17. The number of unbranched alkanes of at least 4 members (excludes halogenated alkanes) is 3. The molecule has 1 unspecified atom stereocenters. The van der Waals surface area contributed by atoms with Gasteiger partial charge in [-0.1, -0.05) is 51.2 Å². The Labute approximate surface area is 78.1 Å². The van der Waals surface area contributed by atoms with Crippen molar-refractivity contribution in [2.75, 3.05) is 0 Å². The molecule has 0 amide bonds. The first kappa shape index (κ1) is 11.7. The summed E-state index contributed by atoms with van der Waals surface area (Å²) < 4.78 is 0. The van der Waals surface area contributed by atoms with E-state index in [1.165, 1.54) is 32.1 Å². The van der Waals surface area contributed by atoms with Crippen molar-refractivity contribution >= 4 is 0 Å². The third kappa shape index (κ3) is 5.40. The molecule has 0 rings (SSSR count). The van der Waals surface area contributed by atoms with E-state index in [-0.39, 0.29) is 0 Å². The summed E-state index contributed by atoms with van der Waals surface area (Å²) >= 11 is 0. The lowest BCUT2D eigenvalue weighted by Gasteiger charge is -2.10. The van der Waals surface area contributed by atoms with Crippen LogP contribution in [0, 0.1) is 5.92 Å². The minimum atomic E-state index is 0.798.